The summed E-state index contributed by atoms with van der Waals surface area (Å²) in [7, 11) is 1.57. The minimum atomic E-state index is -0.841. The summed E-state index contributed by atoms with van der Waals surface area (Å²) < 4.78 is 11.1. The molecule has 0 aromatic heterocycles. The third kappa shape index (κ3) is 5.17. The fourth-order valence-corrected chi connectivity index (χ4v) is 4.64. The lowest BCUT2D eigenvalue weighted by atomic mass is 9.84. The van der Waals surface area contributed by atoms with Gasteiger partial charge in [-0.05, 0) is 77.9 Å². The SMILES string of the molecule is CCCOc1cccc(C2/C(=C(\O)c3cc(C(C)(C)C)ccc3C)C(=O)C(=O)N2c2ccc(OC)cc2)c1. The van der Waals surface area contributed by atoms with Crippen LogP contribution < -0.4 is 14.4 Å². The zero-order chi connectivity index (χ0) is 27.6. The van der Waals surface area contributed by atoms with Crippen molar-refractivity contribution in [3.63, 3.8) is 0 Å². The van der Waals surface area contributed by atoms with Crippen LogP contribution in [0.4, 0.5) is 5.69 Å². The summed E-state index contributed by atoms with van der Waals surface area (Å²) in [5.74, 6) is -0.357. The molecule has 1 fully saturated rings. The van der Waals surface area contributed by atoms with Crippen molar-refractivity contribution >= 4 is 23.1 Å². The van der Waals surface area contributed by atoms with Crippen LogP contribution in [0, 0.1) is 6.92 Å². The number of aliphatic hydroxyl groups excluding tert-OH is 1. The Balaban J connectivity index is 1.95. The Morgan fingerprint density at radius 2 is 1.68 bits per heavy atom. The normalized spacial score (nSPS) is 17.1. The molecule has 198 valence electrons. The minimum Gasteiger partial charge on any atom is -0.507 e. The van der Waals surface area contributed by atoms with Gasteiger partial charge in [-0.3, -0.25) is 14.5 Å². The molecule has 6 heteroatoms. The molecule has 1 unspecified atom stereocenters. The first kappa shape index (κ1) is 27.0. The summed E-state index contributed by atoms with van der Waals surface area (Å²) >= 11 is 0. The van der Waals surface area contributed by atoms with E-state index in [-0.39, 0.29) is 16.7 Å². The standard InChI is InChI=1S/C32H35NO5/c1-7-17-38-25-10-8-9-21(18-25)28-27(29(34)26-19-22(32(3,4)5)12-11-20(26)2)30(35)31(36)33(28)23-13-15-24(37-6)16-14-23/h8-16,18-19,28,34H,7,17H2,1-6H3/b29-27+. The summed E-state index contributed by atoms with van der Waals surface area (Å²) in [6.07, 6.45) is 0.845. The monoisotopic (exact) mass is 513 g/mol. The number of ether oxygens (including phenoxy) is 2. The molecule has 1 N–H and O–H groups in total. The highest BCUT2D eigenvalue weighted by molar-refractivity contribution is 6.51. The zero-order valence-corrected chi connectivity index (χ0v) is 22.9. The number of amides is 1. The molecule has 1 saturated heterocycles. The van der Waals surface area contributed by atoms with Gasteiger partial charge < -0.3 is 14.6 Å². The van der Waals surface area contributed by atoms with E-state index in [9.17, 15) is 14.7 Å². The molecule has 0 saturated carbocycles. The van der Waals surface area contributed by atoms with Crippen molar-refractivity contribution in [3.05, 3.63) is 94.6 Å². The fourth-order valence-electron chi connectivity index (χ4n) is 4.64. The number of methoxy groups -OCH3 is 1. The molecule has 1 aliphatic rings. The third-order valence-electron chi connectivity index (χ3n) is 6.80. The van der Waals surface area contributed by atoms with Crippen LogP contribution in [0.5, 0.6) is 11.5 Å². The average molecular weight is 514 g/mol. The number of carbonyl (C=O) groups excluding carboxylic acids is 2. The first-order chi connectivity index (χ1) is 18.1. The molecule has 4 rings (SSSR count). The van der Waals surface area contributed by atoms with Crippen LogP contribution in [-0.4, -0.2) is 30.5 Å². The van der Waals surface area contributed by atoms with Crippen LogP contribution in [0.1, 0.15) is 62.4 Å². The Labute approximate surface area is 224 Å². The van der Waals surface area contributed by atoms with Gasteiger partial charge in [-0.2, -0.15) is 0 Å². The molecule has 0 bridgehead atoms. The van der Waals surface area contributed by atoms with E-state index in [2.05, 4.69) is 20.8 Å². The number of aliphatic hydroxyl groups is 1. The van der Waals surface area contributed by atoms with Crippen LogP contribution in [0.2, 0.25) is 0 Å². The quantitative estimate of drug-likeness (QED) is 0.216. The molecule has 1 amide bonds. The maximum Gasteiger partial charge on any atom is 0.300 e. The Bertz CT molecular complexity index is 1380. The van der Waals surface area contributed by atoms with Crippen LogP contribution >= 0.6 is 0 Å². The predicted octanol–water partition coefficient (Wildman–Crippen LogP) is 6.72. The van der Waals surface area contributed by atoms with E-state index in [1.54, 1.807) is 31.4 Å². The maximum absolute atomic E-state index is 13.6. The number of nitrogens with zero attached hydrogens (tertiary/aromatic N) is 1. The Kier molecular flexibility index (Phi) is 7.63. The summed E-state index contributed by atoms with van der Waals surface area (Å²) in [5.41, 5.74) is 3.44. The molecular formula is C32H35NO5. The summed E-state index contributed by atoms with van der Waals surface area (Å²) in [5, 5.41) is 11.7. The lowest BCUT2D eigenvalue weighted by Crippen LogP contribution is -2.29. The van der Waals surface area contributed by atoms with Gasteiger partial charge in [0.2, 0.25) is 0 Å². The van der Waals surface area contributed by atoms with E-state index in [0.29, 0.717) is 34.9 Å². The first-order valence-corrected chi connectivity index (χ1v) is 12.9. The second-order valence-electron chi connectivity index (χ2n) is 10.6. The molecule has 3 aromatic rings. The van der Waals surface area contributed by atoms with E-state index in [1.807, 2.05) is 56.3 Å². The highest BCUT2D eigenvalue weighted by Gasteiger charge is 2.47. The molecule has 6 nitrogen and oxygen atoms in total. The lowest BCUT2D eigenvalue weighted by molar-refractivity contribution is -0.132. The third-order valence-corrected chi connectivity index (χ3v) is 6.80. The average Bonchev–Trinajstić information content (AvgIpc) is 3.17. The Morgan fingerprint density at radius 3 is 2.32 bits per heavy atom. The highest BCUT2D eigenvalue weighted by Crippen LogP contribution is 2.43. The van der Waals surface area contributed by atoms with Crippen molar-refractivity contribution in [2.75, 3.05) is 18.6 Å². The van der Waals surface area contributed by atoms with Crippen LogP contribution in [0.3, 0.4) is 0 Å². The number of aryl methyl sites for hydroxylation is 1. The minimum absolute atomic E-state index is 0.0487. The van der Waals surface area contributed by atoms with Gasteiger partial charge in [0, 0.05) is 11.3 Å². The van der Waals surface area contributed by atoms with E-state index >= 15 is 0 Å². The van der Waals surface area contributed by atoms with E-state index in [0.717, 1.165) is 17.5 Å². The fraction of sp³-hybridized carbons (Fsp3) is 0.312. The van der Waals surface area contributed by atoms with Gasteiger partial charge >= 0.3 is 0 Å². The predicted molar refractivity (Wildman–Crippen MR) is 150 cm³/mol. The van der Waals surface area contributed by atoms with Gasteiger partial charge in [0.05, 0.1) is 25.3 Å². The molecule has 1 heterocycles. The number of hydrogen-bond acceptors (Lipinski definition) is 5. The summed E-state index contributed by atoms with van der Waals surface area (Å²) in [4.78, 5) is 28.6. The number of benzene rings is 3. The summed E-state index contributed by atoms with van der Waals surface area (Å²) in [6.45, 7) is 10.7. The lowest BCUT2D eigenvalue weighted by Gasteiger charge is -2.26. The smallest absolute Gasteiger partial charge is 0.300 e. The van der Waals surface area contributed by atoms with Gasteiger partial charge in [0.1, 0.15) is 17.3 Å². The Morgan fingerprint density at radius 1 is 0.974 bits per heavy atom. The van der Waals surface area contributed by atoms with E-state index in [4.69, 9.17) is 9.47 Å². The van der Waals surface area contributed by atoms with Gasteiger partial charge in [0.25, 0.3) is 11.7 Å². The van der Waals surface area contributed by atoms with Gasteiger partial charge in [-0.25, -0.2) is 0 Å². The number of hydrogen-bond donors (Lipinski definition) is 1. The zero-order valence-electron chi connectivity index (χ0n) is 22.9. The van der Waals surface area contributed by atoms with Crippen LogP contribution in [-0.2, 0) is 15.0 Å². The van der Waals surface area contributed by atoms with Gasteiger partial charge in [-0.1, -0.05) is 52.0 Å². The molecule has 0 radical (unpaired) electrons. The maximum atomic E-state index is 13.6. The molecule has 38 heavy (non-hydrogen) atoms. The first-order valence-electron chi connectivity index (χ1n) is 12.9. The highest BCUT2D eigenvalue weighted by atomic mass is 16.5. The van der Waals surface area contributed by atoms with Crippen LogP contribution in [0.15, 0.2) is 72.3 Å². The van der Waals surface area contributed by atoms with Crippen molar-refractivity contribution in [3.8, 4) is 11.5 Å². The second-order valence-corrected chi connectivity index (χ2v) is 10.6. The number of carbonyl (C=O) groups is 2. The van der Waals surface area contributed by atoms with Gasteiger partial charge in [-0.15, -0.1) is 0 Å². The van der Waals surface area contributed by atoms with Gasteiger partial charge in [0.15, 0.2) is 0 Å². The number of anilines is 1. The molecular weight excluding hydrogens is 478 g/mol. The van der Waals surface area contributed by atoms with Crippen molar-refractivity contribution in [1.29, 1.82) is 0 Å². The molecule has 0 aliphatic carbocycles. The van der Waals surface area contributed by atoms with E-state index in [1.165, 1.54) is 4.90 Å². The topological polar surface area (TPSA) is 76.1 Å². The molecule has 3 aromatic carbocycles. The molecule has 1 atom stereocenters. The van der Waals surface area contributed by atoms with E-state index < -0.39 is 17.7 Å². The van der Waals surface area contributed by atoms with Crippen molar-refractivity contribution < 1.29 is 24.2 Å². The molecule has 0 spiro atoms. The second kappa shape index (κ2) is 10.7. The van der Waals surface area contributed by atoms with Crippen molar-refractivity contribution in [2.45, 2.75) is 52.5 Å². The van der Waals surface area contributed by atoms with Crippen molar-refractivity contribution in [1.82, 2.24) is 0 Å². The number of ketones is 1. The number of rotatable bonds is 7. The molecule has 1 aliphatic heterocycles. The largest absolute Gasteiger partial charge is 0.507 e. The van der Waals surface area contributed by atoms with Crippen molar-refractivity contribution in [2.24, 2.45) is 0 Å². The number of Topliss-reactive ketones (excluding diaryl/α,β-unsaturated/α-hetero) is 1. The summed E-state index contributed by atoms with van der Waals surface area (Å²) in [6, 6.07) is 19.3. The Hall–Kier alpha value is -4.06. The van der Waals surface area contributed by atoms with Crippen LogP contribution in [0.25, 0.3) is 5.76 Å².